The van der Waals surface area contributed by atoms with Crippen molar-refractivity contribution >= 4 is 29.1 Å². The molecule has 0 aromatic heterocycles. The van der Waals surface area contributed by atoms with Crippen molar-refractivity contribution in [1.82, 2.24) is 0 Å². The fourth-order valence-electron chi connectivity index (χ4n) is 0.972. The summed E-state index contributed by atoms with van der Waals surface area (Å²) in [6.45, 7) is 0. The van der Waals surface area contributed by atoms with Gasteiger partial charge in [0.25, 0.3) is 0 Å². The molecule has 1 aromatic rings. The second-order valence-corrected chi connectivity index (χ2v) is 4.51. The number of carbonyl (C=O) groups excluding carboxylic acids is 1. The summed E-state index contributed by atoms with van der Waals surface area (Å²) in [6, 6.07) is 3.58. The van der Waals surface area contributed by atoms with Gasteiger partial charge in [-0.1, -0.05) is 12.1 Å². The zero-order valence-corrected chi connectivity index (χ0v) is 9.47. The topological polar surface area (TPSA) is 17.1 Å². The molecule has 0 spiro atoms. The van der Waals surface area contributed by atoms with Crippen molar-refractivity contribution in [3.63, 3.8) is 0 Å². The summed E-state index contributed by atoms with van der Waals surface area (Å²) < 4.78 is 60.6. The maximum absolute atomic E-state index is 12.4. The Morgan fingerprint density at radius 2 is 1.53 bits per heavy atom. The van der Waals surface area contributed by atoms with Gasteiger partial charge in [-0.25, -0.2) is 0 Å². The summed E-state index contributed by atoms with van der Waals surface area (Å²) in [5, 5.41) is -4.06. The van der Waals surface area contributed by atoms with Gasteiger partial charge in [-0.2, -0.15) is 22.0 Å². The van der Waals surface area contributed by atoms with E-state index in [1.165, 1.54) is 0 Å². The molecule has 1 nitrogen and oxygen atoms in total. The Morgan fingerprint density at radius 3 is 1.88 bits per heavy atom. The summed E-state index contributed by atoms with van der Waals surface area (Å²) >= 11 is 4.09. The molecule has 0 aliphatic carbocycles. The third kappa shape index (κ3) is 4.51. The predicted molar refractivity (Wildman–Crippen MR) is 53.5 cm³/mol. The number of rotatable bonds is 3. The maximum atomic E-state index is 12.4. The second kappa shape index (κ2) is 4.81. The van der Waals surface area contributed by atoms with Crippen LogP contribution in [0.25, 0.3) is 0 Å². The zero-order valence-electron chi connectivity index (χ0n) is 7.89. The van der Waals surface area contributed by atoms with E-state index in [-0.39, 0.29) is 4.90 Å². The first-order valence-corrected chi connectivity index (χ1v) is 5.26. The number of Topliss-reactive ketones (excluding diaryl/α,β-unsaturated/α-hetero) is 1. The molecule has 94 valence electrons. The lowest BCUT2D eigenvalue weighted by Gasteiger charge is -2.08. The largest absolute Gasteiger partial charge is 0.446 e. The summed E-state index contributed by atoms with van der Waals surface area (Å²) in [7, 11) is 0. The highest BCUT2D eigenvalue weighted by molar-refractivity contribution is 8.00. The maximum Gasteiger partial charge on any atom is 0.446 e. The first kappa shape index (κ1) is 14.2. The summed E-state index contributed by atoms with van der Waals surface area (Å²) in [5.74, 6) is -1.65. The highest BCUT2D eigenvalue weighted by Crippen LogP contribution is 2.37. The Bertz CT molecular complexity index is 409. The lowest BCUT2D eigenvalue weighted by molar-refractivity contribution is -0.0328. The van der Waals surface area contributed by atoms with E-state index in [0.717, 1.165) is 24.3 Å². The van der Waals surface area contributed by atoms with E-state index < -0.39 is 34.0 Å². The van der Waals surface area contributed by atoms with Crippen molar-refractivity contribution < 1.29 is 26.7 Å². The standard InChI is InChI=1S/C9H4ClF5OS/c10-8(11,12)7(16)5-1-3-6(4-2-5)17-9(13,14)15/h1-4H. The number of benzene rings is 1. The Morgan fingerprint density at radius 1 is 1.06 bits per heavy atom. The molecule has 0 heterocycles. The van der Waals surface area contributed by atoms with Crippen molar-refractivity contribution in [2.75, 3.05) is 0 Å². The lowest BCUT2D eigenvalue weighted by Crippen LogP contribution is -2.21. The van der Waals surface area contributed by atoms with Crippen molar-refractivity contribution in [3.8, 4) is 0 Å². The quantitative estimate of drug-likeness (QED) is 0.357. The van der Waals surface area contributed by atoms with Gasteiger partial charge in [0.2, 0.25) is 5.78 Å². The molecule has 8 heteroatoms. The monoisotopic (exact) mass is 290 g/mol. The molecule has 1 aromatic carbocycles. The lowest BCUT2D eigenvalue weighted by atomic mass is 10.1. The van der Waals surface area contributed by atoms with Crippen LogP contribution in [0.4, 0.5) is 22.0 Å². The Hall–Kier alpha value is -0.820. The molecule has 0 saturated heterocycles. The van der Waals surface area contributed by atoms with Crippen molar-refractivity contribution in [2.24, 2.45) is 0 Å². The molecular weight excluding hydrogens is 287 g/mol. The van der Waals surface area contributed by atoms with Gasteiger partial charge in [-0.05, 0) is 35.5 Å². The SMILES string of the molecule is O=C(c1ccc(SC(F)(F)F)cc1)C(F)(F)Cl. The molecule has 0 atom stereocenters. The molecular formula is C9H4ClF5OS. The number of thioether (sulfide) groups is 1. The zero-order chi connectivity index (χ0) is 13.3. The van der Waals surface area contributed by atoms with Gasteiger partial charge in [0.05, 0.1) is 0 Å². The second-order valence-electron chi connectivity index (χ2n) is 2.90. The third-order valence-corrected chi connectivity index (χ3v) is 2.52. The molecule has 0 saturated carbocycles. The van der Waals surface area contributed by atoms with Crippen molar-refractivity contribution in [3.05, 3.63) is 29.8 Å². The van der Waals surface area contributed by atoms with Gasteiger partial charge in [0.1, 0.15) is 0 Å². The van der Waals surface area contributed by atoms with Gasteiger partial charge in [-0.15, -0.1) is 0 Å². The normalized spacial score (nSPS) is 12.6. The molecule has 0 fully saturated rings. The molecule has 0 aliphatic heterocycles. The van der Waals surface area contributed by atoms with Crippen LogP contribution in [0, 0.1) is 0 Å². The fourth-order valence-corrected chi connectivity index (χ4v) is 1.62. The highest BCUT2D eigenvalue weighted by Gasteiger charge is 2.36. The van der Waals surface area contributed by atoms with Crippen LogP contribution in [0.15, 0.2) is 29.2 Å². The van der Waals surface area contributed by atoms with Crippen LogP contribution < -0.4 is 0 Å². The Kier molecular flexibility index (Phi) is 4.03. The molecule has 0 amide bonds. The summed E-state index contributed by atoms with van der Waals surface area (Å²) in [5.41, 5.74) is -4.92. The average molecular weight is 291 g/mol. The fraction of sp³-hybridized carbons (Fsp3) is 0.222. The van der Waals surface area contributed by atoms with Crippen molar-refractivity contribution in [1.29, 1.82) is 0 Å². The van der Waals surface area contributed by atoms with Crippen LogP contribution in [0.5, 0.6) is 0 Å². The Labute approximate surface area is 102 Å². The average Bonchev–Trinajstić information content (AvgIpc) is 2.14. The number of hydrogen-bond acceptors (Lipinski definition) is 2. The molecule has 17 heavy (non-hydrogen) atoms. The first-order chi connectivity index (χ1) is 7.59. The number of hydrogen-bond donors (Lipinski definition) is 0. The van der Waals surface area contributed by atoms with E-state index in [2.05, 4.69) is 11.6 Å². The van der Waals surface area contributed by atoms with Crippen LogP contribution in [0.1, 0.15) is 10.4 Å². The first-order valence-electron chi connectivity index (χ1n) is 4.07. The van der Waals surface area contributed by atoms with Gasteiger partial charge in [-0.3, -0.25) is 4.79 Å². The molecule has 0 bridgehead atoms. The van der Waals surface area contributed by atoms with Gasteiger partial charge in [0.15, 0.2) is 0 Å². The molecule has 0 aliphatic rings. The minimum Gasteiger partial charge on any atom is -0.286 e. The van der Waals surface area contributed by atoms with Gasteiger partial charge < -0.3 is 0 Å². The molecule has 0 unspecified atom stereocenters. The number of carbonyl (C=O) groups is 1. The van der Waals surface area contributed by atoms with Crippen LogP contribution >= 0.6 is 23.4 Å². The van der Waals surface area contributed by atoms with Gasteiger partial charge in [0, 0.05) is 10.5 Å². The van der Waals surface area contributed by atoms with E-state index in [0.29, 0.717) is 0 Å². The van der Waals surface area contributed by atoms with Crippen LogP contribution in [0.2, 0.25) is 0 Å². The van der Waals surface area contributed by atoms with E-state index in [1.54, 1.807) is 0 Å². The van der Waals surface area contributed by atoms with E-state index in [9.17, 15) is 26.7 Å². The van der Waals surface area contributed by atoms with Crippen molar-refractivity contribution in [2.45, 2.75) is 15.8 Å². The van der Waals surface area contributed by atoms with E-state index >= 15 is 0 Å². The minimum absolute atomic E-state index is 0.202. The molecule has 1 rings (SSSR count). The van der Waals surface area contributed by atoms with Gasteiger partial charge >= 0.3 is 10.9 Å². The summed E-state index contributed by atoms with van der Waals surface area (Å²) in [4.78, 5) is 10.7. The molecule has 0 radical (unpaired) electrons. The number of alkyl halides is 6. The molecule has 0 N–H and O–H groups in total. The van der Waals surface area contributed by atoms with Crippen LogP contribution in [-0.4, -0.2) is 16.7 Å². The summed E-state index contributed by atoms with van der Waals surface area (Å²) in [6.07, 6.45) is 0. The van der Waals surface area contributed by atoms with E-state index in [1.807, 2.05) is 0 Å². The minimum atomic E-state index is -4.47. The highest BCUT2D eigenvalue weighted by atomic mass is 35.5. The number of halogens is 6. The third-order valence-electron chi connectivity index (χ3n) is 1.61. The number of ketones is 1. The van der Waals surface area contributed by atoms with Crippen LogP contribution in [-0.2, 0) is 0 Å². The van der Waals surface area contributed by atoms with Crippen LogP contribution in [0.3, 0.4) is 0 Å². The Balaban J connectivity index is 2.86. The van der Waals surface area contributed by atoms with E-state index in [4.69, 9.17) is 0 Å². The predicted octanol–water partition coefficient (Wildman–Crippen LogP) is 4.31. The smallest absolute Gasteiger partial charge is 0.286 e.